The maximum atomic E-state index is 12.2. The smallest absolute Gasteiger partial charge is 0.261 e. The van der Waals surface area contributed by atoms with Gasteiger partial charge in [-0.25, -0.2) is 13.4 Å². The third-order valence-electron chi connectivity index (χ3n) is 7.40. The summed E-state index contributed by atoms with van der Waals surface area (Å²) in [4.78, 5) is 9.23. The van der Waals surface area contributed by atoms with Gasteiger partial charge in [-0.15, -0.1) is 0 Å². The lowest BCUT2D eigenvalue weighted by Crippen LogP contribution is -2.41. The van der Waals surface area contributed by atoms with Crippen LogP contribution >= 0.6 is 10.7 Å². The van der Waals surface area contributed by atoms with Crippen molar-refractivity contribution in [1.82, 2.24) is 19.6 Å². The van der Waals surface area contributed by atoms with Crippen LogP contribution in [0.25, 0.3) is 16.9 Å². The van der Waals surface area contributed by atoms with Gasteiger partial charge in [0.1, 0.15) is 5.82 Å². The van der Waals surface area contributed by atoms with Gasteiger partial charge in [-0.05, 0) is 60.3 Å². The number of pyridine rings is 1. The molecule has 4 rings (SSSR count). The highest BCUT2D eigenvalue weighted by atomic mass is 35.7. The van der Waals surface area contributed by atoms with Gasteiger partial charge in [-0.1, -0.05) is 39.8 Å². The van der Waals surface area contributed by atoms with E-state index in [2.05, 4.69) is 56.2 Å². The van der Waals surface area contributed by atoms with Gasteiger partial charge in [-0.2, -0.15) is 9.61 Å². The van der Waals surface area contributed by atoms with Crippen molar-refractivity contribution < 1.29 is 12.8 Å². The fraction of sp³-hybridized carbons (Fsp3) is 0.393. The van der Waals surface area contributed by atoms with Crippen LogP contribution in [0, 0.1) is 0 Å². The first kappa shape index (κ1) is 29.2. The van der Waals surface area contributed by atoms with E-state index in [1.807, 2.05) is 30.6 Å². The zero-order valence-electron chi connectivity index (χ0n) is 23.3. The van der Waals surface area contributed by atoms with Crippen LogP contribution in [0.4, 0.5) is 5.82 Å². The number of hydrogen-bond donors (Lipinski definition) is 1. The quantitative estimate of drug-likeness (QED) is 0.168. The molecule has 8 nitrogen and oxygen atoms in total. The first-order chi connectivity index (χ1) is 18.3. The molecule has 0 bridgehead atoms. The Bertz CT molecular complexity index is 1570. The summed E-state index contributed by atoms with van der Waals surface area (Å²) >= 11 is 0. The second kappa shape index (κ2) is 11.4. The number of aryl methyl sites for hydroxylation is 1. The molecule has 0 atom stereocenters. The normalized spacial score (nSPS) is 12.7. The highest BCUT2D eigenvalue weighted by molar-refractivity contribution is 8.13. The number of halogens is 1. The molecule has 1 N–H and O–H groups in total. The molecule has 0 aliphatic heterocycles. The molecule has 11 heteroatoms. The summed E-state index contributed by atoms with van der Waals surface area (Å²) < 4.78 is 32.6. The van der Waals surface area contributed by atoms with Crippen molar-refractivity contribution in [3.8, 4) is 11.3 Å². The highest BCUT2D eigenvalue weighted by Gasteiger charge is 2.37. The summed E-state index contributed by atoms with van der Waals surface area (Å²) in [6, 6.07) is 10.8. The Hall–Kier alpha value is -2.79. The number of aromatic nitrogens is 4. The molecular weight excluding hydrogens is 550 g/mol. The van der Waals surface area contributed by atoms with Crippen molar-refractivity contribution in [3.05, 3.63) is 71.7 Å². The predicted octanol–water partition coefficient (Wildman–Crippen LogP) is 6.46. The van der Waals surface area contributed by atoms with E-state index in [1.165, 1.54) is 6.07 Å². The Balaban J connectivity index is 1.76. The summed E-state index contributed by atoms with van der Waals surface area (Å²) in [7, 11) is -0.153. The van der Waals surface area contributed by atoms with Crippen LogP contribution in [0.15, 0.2) is 59.9 Å². The standard InChI is InChI=1S/C28H36ClN5O3SSi/c1-7-21-19-32-34-26(31-18-20-9-8-13-30-17-20)16-25(33-27(21)34)24-11-10-23(38(29,35)36)15-22(24)12-14-37-39(5,6)28(2,3)4/h8-11,13,15-17,19,31H,7,12,14,18H2,1-6H3. The Labute approximate surface area is 236 Å². The number of benzene rings is 1. The maximum absolute atomic E-state index is 12.2. The topological polar surface area (TPSA) is 98.5 Å². The van der Waals surface area contributed by atoms with Crippen molar-refractivity contribution in [3.63, 3.8) is 0 Å². The van der Waals surface area contributed by atoms with E-state index in [0.29, 0.717) is 25.3 Å². The third-order valence-corrected chi connectivity index (χ3v) is 13.3. The van der Waals surface area contributed by atoms with Gasteiger partial charge in [0.15, 0.2) is 14.0 Å². The summed E-state index contributed by atoms with van der Waals surface area (Å²) in [5.41, 5.74) is 5.15. The second-order valence-corrected chi connectivity index (χ2v) is 18.5. The molecule has 39 heavy (non-hydrogen) atoms. The van der Waals surface area contributed by atoms with Gasteiger partial charge in [0.2, 0.25) is 0 Å². The fourth-order valence-electron chi connectivity index (χ4n) is 4.03. The van der Waals surface area contributed by atoms with Crippen LogP contribution in [0.2, 0.25) is 18.1 Å². The first-order valence-electron chi connectivity index (χ1n) is 13.0. The Morgan fingerprint density at radius 1 is 1.10 bits per heavy atom. The molecule has 0 saturated carbocycles. The van der Waals surface area contributed by atoms with E-state index in [-0.39, 0.29) is 9.93 Å². The molecule has 0 fully saturated rings. The van der Waals surface area contributed by atoms with Gasteiger partial charge in [-0.3, -0.25) is 4.98 Å². The van der Waals surface area contributed by atoms with Crippen LogP contribution in [0.1, 0.15) is 44.4 Å². The van der Waals surface area contributed by atoms with Crippen LogP contribution in [-0.2, 0) is 32.9 Å². The summed E-state index contributed by atoms with van der Waals surface area (Å²) in [5.74, 6) is 0.774. The van der Waals surface area contributed by atoms with E-state index in [9.17, 15) is 8.42 Å². The van der Waals surface area contributed by atoms with Crippen LogP contribution < -0.4 is 5.32 Å². The van der Waals surface area contributed by atoms with Gasteiger partial charge in [0, 0.05) is 53.4 Å². The minimum Gasteiger partial charge on any atom is -0.416 e. The van der Waals surface area contributed by atoms with Crippen LogP contribution in [0.3, 0.4) is 0 Å². The number of nitrogens with one attached hydrogen (secondary N) is 1. The summed E-state index contributed by atoms with van der Waals surface area (Å²) in [6.07, 6.45) is 6.69. The van der Waals surface area contributed by atoms with E-state index in [0.717, 1.165) is 40.1 Å². The van der Waals surface area contributed by atoms with E-state index >= 15 is 0 Å². The average molecular weight is 586 g/mol. The van der Waals surface area contributed by atoms with Gasteiger partial charge in [0.05, 0.1) is 16.8 Å². The molecule has 0 amide bonds. The van der Waals surface area contributed by atoms with Gasteiger partial charge in [0.25, 0.3) is 9.05 Å². The van der Waals surface area contributed by atoms with Gasteiger partial charge >= 0.3 is 0 Å². The average Bonchev–Trinajstić information content (AvgIpc) is 3.30. The van der Waals surface area contributed by atoms with E-state index < -0.39 is 17.4 Å². The lowest BCUT2D eigenvalue weighted by molar-refractivity contribution is 0.292. The number of anilines is 1. The minimum atomic E-state index is -3.90. The molecular formula is C28H36ClN5O3SSi. The molecule has 3 aromatic heterocycles. The number of rotatable bonds is 10. The van der Waals surface area contributed by atoms with E-state index in [1.54, 1.807) is 22.8 Å². The molecule has 208 valence electrons. The number of hydrogen-bond acceptors (Lipinski definition) is 7. The number of fused-ring (bicyclic) bond motifs is 1. The Morgan fingerprint density at radius 3 is 2.51 bits per heavy atom. The second-order valence-electron chi connectivity index (χ2n) is 11.1. The maximum Gasteiger partial charge on any atom is 0.261 e. The molecule has 1 aromatic carbocycles. The zero-order chi connectivity index (χ0) is 28.4. The van der Waals surface area contributed by atoms with Crippen molar-refractivity contribution >= 4 is 39.5 Å². The zero-order valence-corrected chi connectivity index (χ0v) is 25.9. The van der Waals surface area contributed by atoms with E-state index in [4.69, 9.17) is 20.1 Å². The highest BCUT2D eigenvalue weighted by Crippen LogP contribution is 2.37. The molecule has 0 unspecified atom stereocenters. The van der Waals surface area contributed by atoms with Crippen molar-refractivity contribution in [2.45, 2.75) is 70.1 Å². The predicted molar refractivity (Wildman–Crippen MR) is 159 cm³/mol. The molecule has 0 aliphatic carbocycles. The lowest BCUT2D eigenvalue weighted by Gasteiger charge is -2.36. The van der Waals surface area contributed by atoms with Crippen LogP contribution in [0.5, 0.6) is 0 Å². The van der Waals surface area contributed by atoms with Crippen molar-refractivity contribution in [2.75, 3.05) is 11.9 Å². The number of nitrogens with zero attached hydrogens (tertiary/aromatic N) is 4. The fourth-order valence-corrected chi connectivity index (χ4v) is 5.88. The molecule has 0 radical (unpaired) electrons. The molecule has 0 saturated heterocycles. The Morgan fingerprint density at radius 2 is 1.87 bits per heavy atom. The van der Waals surface area contributed by atoms with Crippen LogP contribution in [-0.4, -0.2) is 42.9 Å². The largest absolute Gasteiger partial charge is 0.416 e. The van der Waals surface area contributed by atoms with Crippen molar-refractivity contribution in [2.24, 2.45) is 0 Å². The minimum absolute atomic E-state index is 0.0600. The third kappa shape index (κ3) is 6.68. The molecule has 0 aliphatic rings. The summed E-state index contributed by atoms with van der Waals surface area (Å²) in [5, 5.41) is 8.11. The lowest BCUT2D eigenvalue weighted by atomic mass is 10.0. The Kier molecular flexibility index (Phi) is 8.51. The molecule has 0 spiro atoms. The molecule has 3 heterocycles. The van der Waals surface area contributed by atoms with Gasteiger partial charge < -0.3 is 9.74 Å². The first-order valence-corrected chi connectivity index (χ1v) is 18.2. The molecule has 4 aromatic rings. The van der Waals surface area contributed by atoms with Crippen molar-refractivity contribution in [1.29, 1.82) is 0 Å². The SMILES string of the molecule is CCc1cnn2c(NCc3cccnc3)cc(-c3ccc(S(=O)(=O)Cl)cc3CCO[Si](C)(C)C(C)(C)C)nc12. The monoisotopic (exact) mass is 585 g/mol. The summed E-state index contributed by atoms with van der Waals surface area (Å²) in [6.45, 7) is 14.1.